The molecule has 0 unspecified atom stereocenters. The van der Waals surface area contributed by atoms with Gasteiger partial charge in [-0.3, -0.25) is 30.0 Å². The highest BCUT2D eigenvalue weighted by Crippen LogP contribution is 2.15. The third kappa shape index (κ3) is 5.89. The van der Waals surface area contributed by atoms with Crippen molar-refractivity contribution in [2.45, 2.75) is 25.7 Å². The van der Waals surface area contributed by atoms with E-state index in [1.54, 1.807) is 35.7 Å². The third-order valence-electron chi connectivity index (χ3n) is 4.45. The van der Waals surface area contributed by atoms with Crippen molar-refractivity contribution in [3.05, 3.63) is 52.2 Å². The molecule has 1 aliphatic rings. The van der Waals surface area contributed by atoms with Crippen LogP contribution in [0.15, 0.2) is 41.8 Å². The molecule has 2 heterocycles. The molecule has 1 fully saturated rings. The zero-order chi connectivity index (χ0) is 20.6. The first-order valence-corrected chi connectivity index (χ1v) is 10.2. The van der Waals surface area contributed by atoms with Crippen LogP contribution in [0.1, 0.15) is 45.7 Å². The number of nitrogens with one attached hydrogen (secondary N) is 3. The lowest BCUT2D eigenvalue weighted by molar-refractivity contribution is -0.135. The van der Waals surface area contributed by atoms with Crippen LogP contribution in [-0.2, 0) is 9.59 Å². The number of rotatable bonds is 5. The maximum absolute atomic E-state index is 12.3. The molecule has 3 rings (SSSR count). The van der Waals surface area contributed by atoms with Crippen LogP contribution in [0.5, 0.6) is 0 Å². The fraction of sp³-hybridized carbons (Fsp3) is 0.300. The molecule has 2 aromatic rings. The highest BCUT2D eigenvalue weighted by atomic mass is 32.1. The SMILES string of the molecule is O=C(CN1CCCCCC1=O)NNC(=O)c1cccc(NC(=O)c2cccs2)c1. The van der Waals surface area contributed by atoms with E-state index >= 15 is 0 Å². The van der Waals surface area contributed by atoms with Gasteiger partial charge < -0.3 is 10.2 Å². The Morgan fingerprint density at radius 1 is 1.00 bits per heavy atom. The minimum Gasteiger partial charge on any atom is -0.333 e. The predicted molar refractivity (Wildman–Crippen MR) is 109 cm³/mol. The van der Waals surface area contributed by atoms with E-state index in [1.165, 1.54) is 22.3 Å². The number of carbonyl (C=O) groups is 4. The van der Waals surface area contributed by atoms with Crippen molar-refractivity contribution >= 4 is 40.7 Å². The number of hydrogen-bond acceptors (Lipinski definition) is 5. The number of thiophene rings is 1. The predicted octanol–water partition coefficient (Wildman–Crippen LogP) is 2.16. The van der Waals surface area contributed by atoms with Crippen LogP contribution in [0, 0.1) is 0 Å². The summed E-state index contributed by atoms with van der Waals surface area (Å²) in [6.45, 7) is 0.461. The minimum absolute atomic E-state index is 0.0434. The van der Waals surface area contributed by atoms with Crippen molar-refractivity contribution in [3.63, 3.8) is 0 Å². The third-order valence-corrected chi connectivity index (χ3v) is 5.32. The molecular weight excluding hydrogens is 392 g/mol. The van der Waals surface area contributed by atoms with E-state index in [1.807, 2.05) is 0 Å². The van der Waals surface area contributed by atoms with E-state index in [0.717, 1.165) is 19.3 Å². The van der Waals surface area contributed by atoms with E-state index < -0.39 is 11.8 Å². The van der Waals surface area contributed by atoms with Gasteiger partial charge in [-0.2, -0.15) is 0 Å². The van der Waals surface area contributed by atoms with Crippen LogP contribution in [0.2, 0.25) is 0 Å². The summed E-state index contributed by atoms with van der Waals surface area (Å²) in [4.78, 5) is 50.5. The van der Waals surface area contributed by atoms with E-state index in [0.29, 0.717) is 23.5 Å². The Balaban J connectivity index is 1.52. The molecule has 1 saturated heterocycles. The van der Waals surface area contributed by atoms with E-state index in [9.17, 15) is 19.2 Å². The van der Waals surface area contributed by atoms with Crippen molar-refractivity contribution in [2.24, 2.45) is 0 Å². The maximum Gasteiger partial charge on any atom is 0.269 e. The second-order valence-electron chi connectivity index (χ2n) is 6.64. The van der Waals surface area contributed by atoms with Crippen molar-refractivity contribution in [1.29, 1.82) is 0 Å². The van der Waals surface area contributed by atoms with Crippen molar-refractivity contribution in [3.8, 4) is 0 Å². The number of amides is 4. The van der Waals surface area contributed by atoms with Gasteiger partial charge in [0, 0.05) is 24.2 Å². The molecule has 1 aromatic carbocycles. The van der Waals surface area contributed by atoms with E-state index in [4.69, 9.17) is 0 Å². The van der Waals surface area contributed by atoms with Crippen molar-refractivity contribution in [1.82, 2.24) is 15.8 Å². The first-order chi connectivity index (χ1) is 14.0. The Morgan fingerprint density at radius 3 is 2.66 bits per heavy atom. The zero-order valence-corrected chi connectivity index (χ0v) is 16.6. The molecule has 0 spiro atoms. The van der Waals surface area contributed by atoms with E-state index in [-0.39, 0.29) is 23.9 Å². The van der Waals surface area contributed by atoms with Gasteiger partial charge >= 0.3 is 0 Å². The van der Waals surface area contributed by atoms with Crippen molar-refractivity contribution in [2.75, 3.05) is 18.4 Å². The molecule has 29 heavy (non-hydrogen) atoms. The highest BCUT2D eigenvalue weighted by Gasteiger charge is 2.19. The largest absolute Gasteiger partial charge is 0.333 e. The molecule has 9 heteroatoms. The summed E-state index contributed by atoms with van der Waals surface area (Å²) in [7, 11) is 0. The quantitative estimate of drug-likeness (QED) is 0.652. The fourth-order valence-corrected chi connectivity index (χ4v) is 3.57. The molecule has 0 bridgehead atoms. The normalized spacial score (nSPS) is 14.1. The van der Waals surface area contributed by atoms with Gasteiger partial charge in [-0.25, -0.2) is 0 Å². The fourth-order valence-electron chi connectivity index (χ4n) is 2.96. The Morgan fingerprint density at radius 2 is 1.86 bits per heavy atom. The number of nitrogens with zero attached hydrogens (tertiary/aromatic N) is 1. The summed E-state index contributed by atoms with van der Waals surface area (Å²) in [6, 6.07) is 9.89. The Kier molecular flexibility index (Phi) is 6.96. The lowest BCUT2D eigenvalue weighted by Gasteiger charge is -2.19. The van der Waals surface area contributed by atoms with Crippen LogP contribution in [0.3, 0.4) is 0 Å². The van der Waals surface area contributed by atoms with Crippen LogP contribution < -0.4 is 16.2 Å². The van der Waals surface area contributed by atoms with Gasteiger partial charge in [0.05, 0.1) is 4.88 Å². The standard InChI is InChI=1S/C20H22N4O4S/c25-17(13-24-10-3-1-2-9-18(24)26)22-23-19(27)14-6-4-7-15(12-14)21-20(28)16-8-5-11-29-16/h4-8,11-12H,1-3,9-10,13H2,(H,21,28)(H,22,25)(H,23,27). The summed E-state index contributed by atoms with van der Waals surface area (Å²) >= 11 is 1.32. The molecule has 0 saturated carbocycles. The molecule has 152 valence electrons. The Hall–Kier alpha value is -3.20. The molecule has 1 aliphatic heterocycles. The van der Waals surface area contributed by atoms with Crippen LogP contribution >= 0.6 is 11.3 Å². The molecular formula is C20H22N4O4S. The zero-order valence-electron chi connectivity index (χ0n) is 15.8. The number of carbonyl (C=O) groups excluding carboxylic acids is 4. The molecule has 3 N–H and O–H groups in total. The second-order valence-corrected chi connectivity index (χ2v) is 7.59. The number of benzene rings is 1. The number of hydrogen-bond donors (Lipinski definition) is 3. The summed E-state index contributed by atoms with van der Waals surface area (Å²) in [5.41, 5.74) is 5.42. The van der Waals surface area contributed by atoms with Gasteiger partial charge in [-0.15, -0.1) is 11.3 Å². The van der Waals surface area contributed by atoms with Gasteiger partial charge in [0.15, 0.2) is 0 Å². The maximum atomic E-state index is 12.3. The smallest absolute Gasteiger partial charge is 0.269 e. The average molecular weight is 414 g/mol. The molecule has 4 amide bonds. The second kappa shape index (κ2) is 9.83. The minimum atomic E-state index is -0.521. The summed E-state index contributed by atoms with van der Waals surface area (Å²) in [6.07, 6.45) is 3.13. The van der Waals surface area contributed by atoms with Crippen LogP contribution in [0.4, 0.5) is 5.69 Å². The molecule has 0 aliphatic carbocycles. The topological polar surface area (TPSA) is 108 Å². The summed E-state index contributed by atoms with van der Waals surface area (Å²) in [5, 5.41) is 4.54. The summed E-state index contributed by atoms with van der Waals surface area (Å²) in [5.74, 6) is -1.28. The average Bonchev–Trinajstić information content (AvgIpc) is 3.18. The van der Waals surface area contributed by atoms with Crippen LogP contribution in [0.25, 0.3) is 0 Å². The van der Waals surface area contributed by atoms with Crippen molar-refractivity contribution < 1.29 is 19.2 Å². The lowest BCUT2D eigenvalue weighted by Crippen LogP contribution is -2.47. The molecule has 1 aromatic heterocycles. The van der Waals surface area contributed by atoms with E-state index in [2.05, 4.69) is 16.2 Å². The first-order valence-electron chi connectivity index (χ1n) is 9.35. The van der Waals surface area contributed by atoms with Gasteiger partial charge in [0.2, 0.25) is 5.91 Å². The Bertz CT molecular complexity index is 898. The molecule has 0 atom stereocenters. The summed E-state index contributed by atoms with van der Waals surface area (Å²) < 4.78 is 0. The van der Waals surface area contributed by atoms with Gasteiger partial charge in [-0.05, 0) is 42.5 Å². The highest BCUT2D eigenvalue weighted by molar-refractivity contribution is 7.12. The monoisotopic (exact) mass is 414 g/mol. The van der Waals surface area contributed by atoms with Gasteiger partial charge in [-0.1, -0.05) is 18.6 Å². The van der Waals surface area contributed by atoms with Gasteiger partial charge in [0.25, 0.3) is 17.7 Å². The number of anilines is 1. The van der Waals surface area contributed by atoms with Gasteiger partial charge in [0.1, 0.15) is 6.54 Å². The molecule has 8 nitrogen and oxygen atoms in total. The number of hydrazine groups is 1. The number of likely N-dealkylation sites (tertiary alicyclic amines) is 1. The molecule has 0 radical (unpaired) electrons. The first kappa shape index (κ1) is 20.5. The van der Waals surface area contributed by atoms with Crippen LogP contribution in [-0.4, -0.2) is 41.6 Å². The lowest BCUT2D eigenvalue weighted by atomic mass is 10.2. The Labute approximate surface area is 172 Å².